The molecule has 3 aromatic carbocycles. The van der Waals surface area contributed by atoms with E-state index in [1.54, 1.807) is 0 Å². The van der Waals surface area contributed by atoms with Crippen molar-refractivity contribution in [2.45, 2.75) is 38.8 Å². The topological polar surface area (TPSA) is 51.1 Å². The lowest BCUT2D eigenvalue weighted by atomic mass is 9.92. The van der Waals surface area contributed by atoms with Crippen LogP contribution in [-0.2, 0) is 9.53 Å². The van der Waals surface area contributed by atoms with Crippen molar-refractivity contribution in [3.05, 3.63) is 89.4 Å². The number of benzene rings is 3. The second kappa shape index (κ2) is 9.67. The lowest BCUT2D eigenvalue weighted by Gasteiger charge is -2.44. The summed E-state index contributed by atoms with van der Waals surface area (Å²) in [6.45, 7) is 5.36. The summed E-state index contributed by atoms with van der Waals surface area (Å²) in [5.74, 6) is 1.20. The van der Waals surface area contributed by atoms with Crippen molar-refractivity contribution in [1.82, 2.24) is 0 Å². The largest absolute Gasteiger partial charge is 0.482 e. The number of para-hydroxylation sites is 1. The first-order valence-corrected chi connectivity index (χ1v) is 11.3. The zero-order chi connectivity index (χ0) is 23.4. The van der Waals surface area contributed by atoms with Gasteiger partial charge >= 0.3 is 5.97 Å². The number of carbonyl (C=O) groups excluding carboxylic acids is 1. The van der Waals surface area contributed by atoms with Gasteiger partial charge in [-0.15, -0.1) is 0 Å². The Morgan fingerprint density at radius 1 is 1.00 bits per heavy atom. The van der Waals surface area contributed by atoms with Crippen LogP contribution in [0.3, 0.4) is 0 Å². The van der Waals surface area contributed by atoms with Gasteiger partial charge in [0.05, 0.1) is 11.7 Å². The van der Waals surface area contributed by atoms with Crippen LogP contribution in [0.1, 0.15) is 38.8 Å². The molecule has 33 heavy (non-hydrogen) atoms. The van der Waals surface area contributed by atoms with E-state index in [9.17, 15) is 4.79 Å². The van der Waals surface area contributed by atoms with Gasteiger partial charge < -0.3 is 14.4 Å². The number of aliphatic imine (C=N–C) groups is 1. The zero-order valence-corrected chi connectivity index (χ0v) is 19.8. The van der Waals surface area contributed by atoms with Gasteiger partial charge in [0.1, 0.15) is 17.2 Å². The third-order valence-electron chi connectivity index (χ3n) is 5.13. The number of anilines is 1. The quantitative estimate of drug-likeness (QED) is 0.380. The first-order valence-electron chi connectivity index (χ1n) is 10.9. The molecule has 1 heterocycles. The van der Waals surface area contributed by atoms with Gasteiger partial charge in [-0.1, -0.05) is 41.9 Å². The van der Waals surface area contributed by atoms with Crippen LogP contribution >= 0.6 is 11.6 Å². The van der Waals surface area contributed by atoms with Crippen LogP contribution in [0.4, 0.5) is 11.4 Å². The molecule has 1 fully saturated rings. The van der Waals surface area contributed by atoms with Gasteiger partial charge in [0, 0.05) is 17.1 Å². The Morgan fingerprint density at radius 2 is 1.67 bits per heavy atom. The highest BCUT2D eigenvalue weighted by atomic mass is 35.5. The predicted molar refractivity (Wildman–Crippen MR) is 133 cm³/mol. The standard InChI is InChI=1S/C27H27ClN2O3/c1-27(2,3)33-26(31)18-32-23-15-13-22(14-16-23)30-24(19-9-11-20(28)12-10-19)17-25(30)29-21-7-5-4-6-8-21/h4-16,24H,17-18H2,1-3H3/b29-25+. The summed E-state index contributed by atoms with van der Waals surface area (Å²) in [5.41, 5.74) is 2.56. The molecule has 0 radical (unpaired) electrons. The van der Waals surface area contributed by atoms with Crippen LogP contribution in [0.2, 0.25) is 5.02 Å². The average Bonchev–Trinajstić information content (AvgIpc) is 2.76. The van der Waals surface area contributed by atoms with Crippen molar-refractivity contribution in [3.63, 3.8) is 0 Å². The van der Waals surface area contributed by atoms with Crippen molar-refractivity contribution in [3.8, 4) is 5.75 Å². The highest BCUT2D eigenvalue weighted by Crippen LogP contribution is 2.41. The maximum absolute atomic E-state index is 11.9. The number of carbonyl (C=O) groups is 1. The second-order valence-corrected chi connectivity index (χ2v) is 9.31. The molecule has 0 aliphatic carbocycles. The SMILES string of the molecule is CC(C)(C)OC(=O)COc1ccc(N2/C(=N/c3ccccc3)CC2c2ccc(Cl)cc2)cc1. The molecule has 0 N–H and O–H groups in total. The Morgan fingerprint density at radius 3 is 2.30 bits per heavy atom. The van der Waals surface area contributed by atoms with Crippen molar-refractivity contribution in [1.29, 1.82) is 0 Å². The van der Waals surface area contributed by atoms with Crippen molar-refractivity contribution in [2.24, 2.45) is 4.99 Å². The van der Waals surface area contributed by atoms with E-state index in [1.807, 2.05) is 87.5 Å². The van der Waals surface area contributed by atoms with Gasteiger partial charge in [-0.3, -0.25) is 0 Å². The molecule has 0 amide bonds. The molecule has 0 saturated carbocycles. The Kier molecular flexibility index (Phi) is 6.70. The molecule has 3 aromatic rings. The summed E-state index contributed by atoms with van der Waals surface area (Å²) in [7, 11) is 0. The molecule has 4 rings (SSSR count). The van der Waals surface area contributed by atoms with Crippen LogP contribution in [-0.4, -0.2) is 24.0 Å². The monoisotopic (exact) mass is 462 g/mol. The summed E-state index contributed by atoms with van der Waals surface area (Å²) in [4.78, 5) is 19.0. The number of halogens is 1. The molecule has 1 saturated heterocycles. The summed E-state index contributed by atoms with van der Waals surface area (Å²) in [6.07, 6.45) is 0.827. The van der Waals surface area contributed by atoms with Crippen LogP contribution in [0.25, 0.3) is 0 Å². The van der Waals surface area contributed by atoms with Crippen LogP contribution < -0.4 is 9.64 Å². The maximum atomic E-state index is 11.9. The number of esters is 1. The molecule has 0 spiro atoms. The molecule has 0 bridgehead atoms. The number of hydrogen-bond donors (Lipinski definition) is 0. The van der Waals surface area contributed by atoms with Gasteiger partial charge in [0.15, 0.2) is 6.61 Å². The van der Waals surface area contributed by atoms with Crippen LogP contribution in [0.15, 0.2) is 83.9 Å². The minimum atomic E-state index is -0.535. The Hall–Kier alpha value is -3.31. The van der Waals surface area contributed by atoms with Gasteiger partial charge in [-0.2, -0.15) is 0 Å². The van der Waals surface area contributed by atoms with Crippen LogP contribution in [0.5, 0.6) is 5.75 Å². The molecule has 1 atom stereocenters. The maximum Gasteiger partial charge on any atom is 0.344 e. The first kappa shape index (κ1) is 22.9. The first-order chi connectivity index (χ1) is 15.8. The van der Waals surface area contributed by atoms with E-state index >= 15 is 0 Å². The number of amidine groups is 1. The highest BCUT2D eigenvalue weighted by molar-refractivity contribution is 6.30. The predicted octanol–water partition coefficient (Wildman–Crippen LogP) is 6.74. The van der Waals surface area contributed by atoms with Gasteiger partial charge in [0.25, 0.3) is 0 Å². The molecule has 1 unspecified atom stereocenters. The van der Waals surface area contributed by atoms with Crippen molar-refractivity contribution < 1.29 is 14.3 Å². The molecule has 6 heteroatoms. The van der Waals surface area contributed by atoms with E-state index in [4.69, 9.17) is 26.1 Å². The molecule has 170 valence electrons. The summed E-state index contributed by atoms with van der Waals surface area (Å²) >= 11 is 6.09. The number of rotatable bonds is 6. The van der Waals surface area contributed by atoms with E-state index in [1.165, 1.54) is 5.56 Å². The normalized spacial score (nSPS) is 16.9. The minimum absolute atomic E-state index is 0.131. The van der Waals surface area contributed by atoms with Crippen LogP contribution in [0, 0.1) is 0 Å². The van der Waals surface area contributed by atoms with Crippen molar-refractivity contribution >= 4 is 34.8 Å². The van der Waals surface area contributed by atoms with E-state index in [0.717, 1.165) is 23.6 Å². The smallest absolute Gasteiger partial charge is 0.344 e. The fourth-order valence-corrected chi connectivity index (χ4v) is 3.80. The summed E-state index contributed by atoms with van der Waals surface area (Å²) in [5, 5.41) is 0.717. The van der Waals surface area contributed by atoms with Crippen molar-refractivity contribution in [2.75, 3.05) is 11.5 Å². The average molecular weight is 463 g/mol. The van der Waals surface area contributed by atoms with E-state index in [-0.39, 0.29) is 12.6 Å². The summed E-state index contributed by atoms with van der Waals surface area (Å²) < 4.78 is 10.9. The fourth-order valence-electron chi connectivity index (χ4n) is 3.68. The Bertz CT molecular complexity index is 1120. The Labute approximate surface area is 199 Å². The molecule has 1 aliphatic rings. The van der Waals surface area contributed by atoms with Gasteiger partial charge in [-0.05, 0) is 74.9 Å². The van der Waals surface area contributed by atoms with E-state index in [2.05, 4.69) is 17.0 Å². The summed E-state index contributed by atoms with van der Waals surface area (Å²) in [6, 6.07) is 25.7. The highest BCUT2D eigenvalue weighted by Gasteiger charge is 2.36. The van der Waals surface area contributed by atoms with Gasteiger partial charge in [0.2, 0.25) is 0 Å². The molecular weight excluding hydrogens is 436 g/mol. The zero-order valence-electron chi connectivity index (χ0n) is 19.0. The third kappa shape index (κ3) is 5.93. The lowest BCUT2D eigenvalue weighted by Crippen LogP contribution is -2.46. The van der Waals surface area contributed by atoms with E-state index < -0.39 is 11.6 Å². The number of ether oxygens (including phenoxy) is 2. The molecular formula is C27H27ClN2O3. The van der Waals surface area contributed by atoms with E-state index in [0.29, 0.717) is 10.8 Å². The minimum Gasteiger partial charge on any atom is -0.482 e. The second-order valence-electron chi connectivity index (χ2n) is 8.87. The molecule has 0 aromatic heterocycles. The third-order valence-corrected chi connectivity index (χ3v) is 5.38. The number of hydrogen-bond acceptors (Lipinski definition) is 4. The molecule has 1 aliphatic heterocycles. The lowest BCUT2D eigenvalue weighted by molar-refractivity contribution is -0.157. The fraction of sp³-hybridized carbons (Fsp3) is 0.259. The number of nitrogens with zero attached hydrogens (tertiary/aromatic N) is 2. The van der Waals surface area contributed by atoms with Gasteiger partial charge in [-0.25, -0.2) is 9.79 Å². The molecule has 5 nitrogen and oxygen atoms in total. The Balaban J connectivity index is 1.52.